The highest BCUT2D eigenvalue weighted by atomic mass is 16.6. The van der Waals surface area contributed by atoms with E-state index in [9.17, 15) is 4.79 Å². The van der Waals surface area contributed by atoms with Crippen LogP contribution >= 0.6 is 0 Å². The number of guanidine groups is 2. The van der Waals surface area contributed by atoms with Gasteiger partial charge in [-0.05, 0) is 0 Å². The summed E-state index contributed by atoms with van der Waals surface area (Å²) in [6.45, 7) is -0.671. The predicted molar refractivity (Wildman–Crippen MR) is 72.5 cm³/mol. The van der Waals surface area contributed by atoms with Gasteiger partial charge in [0.2, 0.25) is 11.7 Å². The van der Waals surface area contributed by atoms with Gasteiger partial charge in [-0.2, -0.15) is 4.99 Å². The number of hydrogen-bond acceptors (Lipinski definition) is 7. The fourth-order valence-electron chi connectivity index (χ4n) is 1.05. The Morgan fingerprint density at radius 1 is 1.48 bits per heavy atom. The number of aliphatic hydroxyl groups excluding tert-OH is 4. The zero-order chi connectivity index (χ0) is 16.7. The first-order valence-corrected chi connectivity index (χ1v) is 5.59. The van der Waals surface area contributed by atoms with Gasteiger partial charge in [0, 0.05) is 14.1 Å². The Labute approximate surface area is 120 Å². The highest BCUT2D eigenvalue weighted by Crippen LogP contribution is 2.20. The SMILES string of the molecule is CN(C)C(N)=NC(=N)N.O=C1OC(C(O)CO)C(O)=C1O. The molecule has 11 heteroatoms. The molecule has 0 spiro atoms. The van der Waals surface area contributed by atoms with Gasteiger partial charge in [-0.25, -0.2) is 4.79 Å². The molecule has 0 aromatic rings. The molecule has 0 aromatic carbocycles. The van der Waals surface area contributed by atoms with Crippen LogP contribution in [0.5, 0.6) is 0 Å². The Hall–Kier alpha value is -2.53. The number of cyclic esters (lactones) is 1. The topological polar surface area (TPSA) is 199 Å². The number of nitrogens with zero attached hydrogens (tertiary/aromatic N) is 2. The quantitative estimate of drug-likeness (QED) is 0.162. The number of aliphatic imine (C=N–C) groups is 1. The summed E-state index contributed by atoms with van der Waals surface area (Å²) >= 11 is 0. The molecule has 0 fully saturated rings. The molecule has 1 heterocycles. The van der Waals surface area contributed by atoms with Crippen LogP contribution in [0.1, 0.15) is 0 Å². The number of carbonyl (C=O) groups is 1. The lowest BCUT2D eigenvalue weighted by atomic mass is 10.2. The van der Waals surface area contributed by atoms with E-state index in [-0.39, 0.29) is 11.9 Å². The van der Waals surface area contributed by atoms with Crippen LogP contribution < -0.4 is 11.5 Å². The molecule has 21 heavy (non-hydrogen) atoms. The van der Waals surface area contributed by atoms with Gasteiger partial charge < -0.3 is 41.5 Å². The number of ether oxygens (including phenoxy) is 1. The van der Waals surface area contributed by atoms with Crippen molar-refractivity contribution in [1.82, 2.24) is 4.90 Å². The summed E-state index contributed by atoms with van der Waals surface area (Å²) in [6.07, 6.45) is -2.78. The normalized spacial score (nSPS) is 19.5. The number of carbonyl (C=O) groups excluding carboxylic acids is 1. The minimum atomic E-state index is -1.42. The van der Waals surface area contributed by atoms with E-state index in [2.05, 4.69) is 9.73 Å². The van der Waals surface area contributed by atoms with Crippen molar-refractivity contribution in [2.75, 3.05) is 20.7 Å². The number of aliphatic hydroxyl groups is 4. The molecule has 0 saturated heterocycles. The van der Waals surface area contributed by atoms with E-state index >= 15 is 0 Å². The summed E-state index contributed by atoms with van der Waals surface area (Å²) in [5, 5.41) is 41.7. The lowest BCUT2D eigenvalue weighted by Gasteiger charge is -2.13. The van der Waals surface area contributed by atoms with Crippen molar-refractivity contribution in [3.05, 3.63) is 11.5 Å². The molecule has 2 unspecified atom stereocenters. The minimum Gasteiger partial charge on any atom is -0.505 e. The summed E-state index contributed by atoms with van der Waals surface area (Å²) in [7, 11) is 3.45. The van der Waals surface area contributed by atoms with Crippen molar-refractivity contribution < 1.29 is 30.0 Å². The van der Waals surface area contributed by atoms with E-state index < -0.39 is 36.3 Å². The maximum Gasteiger partial charge on any atom is 0.377 e. The van der Waals surface area contributed by atoms with Crippen LogP contribution in [-0.2, 0) is 9.53 Å². The summed E-state index contributed by atoms with van der Waals surface area (Å²) in [5.74, 6) is -2.82. The van der Waals surface area contributed by atoms with Crippen molar-refractivity contribution in [1.29, 1.82) is 5.41 Å². The Kier molecular flexibility index (Phi) is 6.96. The van der Waals surface area contributed by atoms with Gasteiger partial charge in [0.1, 0.15) is 6.10 Å². The summed E-state index contributed by atoms with van der Waals surface area (Å²) < 4.78 is 4.32. The summed E-state index contributed by atoms with van der Waals surface area (Å²) in [6, 6.07) is 0. The number of nitrogens with one attached hydrogen (secondary N) is 1. The fraction of sp³-hybridized carbons (Fsp3) is 0.500. The van der Waals surface area contributed by atoms with Crippen molar-refractivity contribution in [2.45, 2.75) is 12.2 Å². The lowest BCUT2D eigenvalue weighted by molar-refractivity contribution is -0.147. The molecule has 0 saturated carbocycles. The zero-order valence-electron chi connectivity index (χ0n) is 11.5. The second-order valence-electron chi connectivity index (χ2n) is 4.06. The molecule has 0 aliphatic carbocycles. The molecule has 0 aromatic heterocycles. The van der Waals surface area contributed by atoms with Crippen LogP contribution in [0.25, 0.3) is 0 Å². The molecule has 0 bridgehead atoms. The lowest BCUT2D eigenvalue weighted by Crippen LogP contribution is -2.32. The van der Waals surface area contributed by atoms with Gasteiger partial charge in [-0.3, -0.25) is 5.41 Å². The Bertz CT molecular complexity index is 461. The molecule has 1 aliphatic heterocycles. The zero-order valence-corrected chi connectivity index (χ0v) is 11.5. The Morgan fingerprint density at radius 3 is 2.24 bits per heavy atom. The second-order valence-corrected chi connectivity index (χ2v) is 4.06. The largest absolute Gasteiger partial charge is 0.505 e. The minimum absolute atomic E-state index is 0.238. The molecule has 120 valence electrons. The van der Waals surface area contributed by atoms with E-state index in [0.717, 1.165) is 0 Å². The molecule has 0 radical (unpaired) electrons. The van der Waals surface area contributed by atoms with Gasteiger partial charge in [-0.1, -0.05) is 0 Å². The van der Waals surface area contributed by atoms with Gasteiger partial charge in [0.25, 0.3) is 0 Å². The van der Waals surface area contributed by atoms with Crippen LogP contribution in [0.15, 0.2) is 16.5 Å². The van der Waals surface area contributed by atoms with Crippen molar-refractivity contribution in [3.63, 3.8) is 0 Å². The van der Waals surface area contributed by atoms with Gasteiger partial charge in [0.15, 0.2) is 17.8 Å². The molecule has 1 rings (SSSR count). The first-order valence-electron chi connectivity index (χ1n) is 5.59. The van der Waals surface area contributed by atoms with E-state index in [0.29, 0.717) is 0 Å². The number of rotatable bonds is 2. The van der Waals surface area contributed by atoms with Gasteiger partial charge in [0.05, 0.1) is 6.61 Å². The Balaban J connectivity index is 0.000000400. The highest BCUT2D eigenvalue weighted by Gasteiger charge is 2.38. The smallest absolute Gasteiger partial charge is 0.377 e. The van der Waals surface area contributed by atoms with Crippen molar-refractivity contribution in [3.8, 4) is 0 Å². The maximum atomic E-state index is 10.5. The van der Waals surface area contributed by atoms with Gasteiger partial charge in [-0.15, -0.1) is 0 Å². The molecular weight excluding hydrogens is 286 g/mol. The van der Waals surface area contributed by atoms with Gasteiger partial charge >= 0.3 is 5.97 Å². The van der Waals surface area contributed by atoms with Crippen LogP contribution in [0.3, 0.4) is 0 Å². The third kappa shape index (κ3) is 5.54. The highest BCUT2D eigenvalue weighted by molar-refractivity contribution is 5.91. The van der Waals surface area contributed by atoms with Crippen LogP contribution in [0, 0.1) is 5.41 Å². The molecule has 11 nitrogen and oxygen atoms in total. The average molecular weight is 305 g/mol. The second kappa shape index (κ2) is 7.91. The summed E-state index contributed by atoms with van der Waals surface area (Å²) in [4.78, 5) is 15.6. The van der Waals surface area contributed by atoms with E-state index in [4.69, 9.17) is 37.3 Å². The van der Waals surface area contributed by atoms with E-state index in [1.807, 2.05) is 0 Å². The molecule has 2 atom stereocenters. The third-order valence-corrected chi connectivity index (χ3v) is 2.17. The predicted octanol–water partition coefficient (Wildman–Crippen LogP) is -2.65. The van der Waals surface area contributed by atoms with Crippen molar-refractivity contribution >= 4 is 17.9 Å². The molecule has 0 amide bonds. The van der Waals surface area contributed by atoms with Crippen LogP contribution in [0.4, 0.5) is 0 Å². The third-order valence-electron chi connectivity index (χ3n) is 2.17. The summed E-state index contributed by atoms with van der Waals surface area (Å²) in [5.41, 5.74) is 10.2. The average Bonchev–Trinajstić information content (AvgIpc) is 2.65. The number of hydrogen-bond donors (Lipinski definition) is 7. The van der Waals surface area contributed by atoms with Crippen molar-refractivity contribution in [2.24, 2.45) is 16.5 Å². The number of esters is 1. The van der Waals surface area contributed by atoms with E-state index in [1.54, 1.807) is 19.0 Å². The molecular formula is C10H19N5O6. The maximum absolute atomic E-state index is 10.5. The monoisotopic (exact) mass is 305 g/mol. The fourth-order valence-corrected chi connectivity index (χ4v) is 1.05. The van der Waals surface area contributed by atoms with E-state index in [1.165, 1.54) is 0 Å². The van der Waals surface area contributed by atoms with Crippen LogP contribution in [0.2, 0.25) is 0 Å². The first kappa shape index (κ1) is 18.5. The van der Waals surface area contributed by atoms with Crippen LogP contribution in [-0.4, -0.2) is 76.1 Å². The standard InChI is InChI=1S/C6H8O6.C4H11N5/c7-1-2(8)5-3(9)4(10)6(11)12-5;1-9(2)4(7)8-3(5)6/h2,5,7-10H,1H2;1-2H3,(H5,5,6,7,8). The number of nitrogens with two attached hydrogens (primary N) is 2. The molecule has 9 N–H and O–H groups in total. The molecule has 1 aliphatic rings. The first-order chi connectivity index (χ1) is 9.61. The Morgan fingerprint density at radius 2 is 2.00 bits per heavy atom.